The number of hydrogen-bond acceptors (Lipinski definition) is 2. The summed E-state index contributed by atoms with van der Waals surface area (Å²) in [4.78, 5) is 9.81. The fourth-order valence-corrected chi connectivity index (χ4v) is 0.434. The highest BCUT2D eigenvalue weighted by Gasteiger charge is 2.40. The summed E-state index contributed by atoms with van der Waals surface area (Å²) in [7, 11) is 0. The molecule has 0 saturated carbocycles. The molecule has 0 radical (unpaired) electrons. The normalized spacial score (nSPS) is 11.8. The molecule has 70 valence electrons. The van der Waals surface area contributed by atoms with Crippen LogP contribution in [0.25, 0.3) is 0 Å². The number of rotatable bonds is 4. The predicted octanol–water partition coefficient (Wildman–Crippen LogP) is 0.583. The van der Waals surface area contributed by atoms with E-state index in [9.17, 15) is 27.5 Å². The summed E-state index contributed by atoms with van der Waals surface area (Å²) in [5.41, 5.74) is -1.04. The highest BCUT2D eigenvalue weighted by Crippen LogP contribution is 2.29. The number of carboxylic acid groups (broad SMARTS) is 1. The Hall–Kier alpha value is -1.07. The fraction of sp³-hybridized carbons (Fsp3) is 0.500. The molecule has 0 amide bonds. The molecule has 0 saturated heterocycles. The molecule has 0 fully saturated rings. The predicted molar refractivity (Wildman–Crippen MR) is 29.7 cm³/mol. The molecule has 0 heterocycles. The van der Waals surface area contributed by atoms with Gasteiger partial charge in [-0.15, -0.1) is 0 Å². The molecule has 0 aliphatic heterocycles. The van der Waals surface area contributed by atoms with Crippen LogP contribution in [0.5, 0.6) is 0 Å². The van der Waals surface area contributed by atoms with Gasteiger partial charge in [-0.05, 0) is 5.57 Å². The number of carboxylic acids is 1. The van der Waals surface area contributed by atoms with Gasteiger partial charge in [-0.3, -0.25) is 0 Å². The first-order valence-corrected chi connectivity index (χ1v) is 2.82. The molecular formula is C6H5F4O2-. The first kappa shape index (κ1) is 10.9. The Labute approximate surface area is 65.5 Å². The van der Waals surface area contributed by atoms with Crippen LogP contribution in [-0.2, 0) is 4.79 Å². The van der Waals surface area contributed by atoms with Gasteiger partial charge in [0.2, 0.25) is 0 Å². The average molecular weight is 185 g/mol. The first-order chi connectivity index (χ1) is 5.27. The third-order valence-electron chi connectivity index (χ3n) is 1.06. The molecule has 0 rings (SSSR count). The summed E-state index contributed by atoms with van der Waals surface area (Å²) < 4.78 is 47.0. The summed E-state index contributed by atoms with van der Waals surface area (Å²) in [5, 5.41) is 9.81. The van der Waals surface area contributed by atoms with Crippen LogP contribution in [0.1, 0.15) is 6.42 Å². The molecule has 0 aromatic rings. The summed E-state index contributed by atoms with van der Waals surface area (Å²) >= 11 is 0. The zero-order chi connectivity index (χ0) is 9.94. The van der Waals surface area contributed by atoms with Crippen molar-refractivity contribution >= 4 is 5.97 Å². The van der Waals surface area contributed by atoms with Gasteiger partial charge in [-0.2, -0.15) is 8.78 Å². The van der Waals surface area contributed by atoms with Crippen LogP contribution in [0, 0.1) is 0 Å². The van der Waals surface area contributed by atoms with Crippen molar-refractivity contribution in [1.82, 2.24) is 0 Å². The lowest BCUT2D eigenvalue weighted by atomic mass is 10.1. The van der Waals surface area contributed by atoms with Crippen LogP contribution in [-0.4, -0.2) is 18.3 Å². The topological polar surface area (TPSA) is 40.1 Å². The Morgan fingerprint density at radius 2 is 1.92 bits per heavy atom. The second-order valence-electron chi connectivity index (χ2n) is 2.13. The number of carbonyl (C=O) groups excluding carboxylic acids is 1. The minimum atomic E-state index is -4.35. The van der Waals surface area contributed by atoms with Crippen molar-refractivity contribution in [2.75, 3.05) is 0 Å². The lowest BCUT2D eigenvalue weighted by molar-refractivity contribution is -0.300. The molecular weight excluding hydrogens is 180 g/mol. The van der Waals surface area contributed by atoms with Crippen LogP contribution in [0.15, 0.2) is 12.2 Å². The monoisotopic (exact) mass is 185 g/mol. The Morgan fingerprint density at radius 1 is 1.50 bits per heavy atom. The molecule has 0 atom stereocenters. The third-order valence-corrected chi connectivity index (χ3v) is 1.06. The number of carbonyl (C=O) groups is 1. The molecule has 2 nitrogen and oxygen atoms in total. The molecule has 0 spiro atoms. The standard InChI is InChI=1S/C6H6F4O2/c1-3(4(11)12)2-6(9,10)5(7)8/h5H,1-2H2,(H,11,12)/p-1. The van der Waals surface area contributed by atoms with Crippen molar-refractivity contribution in [3.63, 3.8) is 0 Å². The SMILES string of the molecule is C=C(CC(F)(F)C(F)F)C(=O)[O-]. The second-order valence-corrected chi connectivity index (χ2v) is 2.13. The van der Waals surface area contributed by atoms with Gasteiger partial charge in [-0.25, -0.2) is 8.78 Å². The van der Waals surface area contributed by atoms with Crippen LogP contribution < -0.4 is 5.11 Å². The van der Waals surface area contributed by atoms with E-state index in [1.165, 1.54) is 0 Å². The zero-order valence-electron chi connectivity index (χ0n) is 5.82. The van der Waals surface area contributed by atoms with Crippen LogP contribution in [0.2, 0.25) is 0 Å². The fourth-order valence-electron chi connectivity index (χ4n) is 0.434. The van der Waals surface area contributed by atoms with E-state index in [-0.39, 0.29) is 0 Å². The van der Waals surface area contributed by atoms with Gasteiger partial charge in [0.1, 0.15) is 0 Å². The van der Waals surface area contributed by atoms with Gasteiger partial charge in [0.05, 0.1) is 5.97 Å². The average Bonchev–Trinajstić information content (AvgIpc) is 1.85. The van der Waals surface area contributed by atoms with Crippen molar-refractivity contribution < 1.29 is 27.5 Å². The van der Waals surface area contributed by atoms with Crippen molar-refractivity contribution in [3.05, 3.63) is 12.2 Å². The van der Waals surface area contributed by atoms with E-state index in [1.54, 1.807) is 0 Å². The summed E-state index contributed by atoms with van der Waals surface area (Å²) in [6.07, 6.45) is -5.49. The minimum absolute atomic E-state index is 1.04. The summed E-state index contributed by atoms with van der Waals surface area (Å²) in [6.45, 7) is 2.65. The Bertz CT molecular complexity index is 200. The number of halogens is 4. The minimum Gasteiger partial charge on any atom is -0.545 e. The molecule has 0 aliphatic carbocycles. The maximum Gasteiger partial charge on any atom is 0.311 e. The lowest BCUT2D eigenvalue weighted by Crippen LogP contribution is -2.32. The maximum atomic E-state index is 12.1. The van der Waals surface area contributed by atoms with E-state index in [4.69, 9.17) is 0 Å². The molecule has 0 unspecified atom stereocenters. The number of alkyl halides is 4. The maximum absolute atomic E-state index is 12.1. The number of hydrogen-bond donors (Lipinski definition) is 0. The van der Waals surface area contributed by atoms with E-state index in [2.05, 4.69) is 6.58 Å². The van der Waals surface area contributed by atoms with Gasteiger partial charge in [-0.1, -0.05) is 6.58 Å². The van der Waals surface area contributed by atoms with Crippen molar-refractivity contribution in [3.8, 4) is 0 Å². The van der Waals surface area contributed by atoms with Crippen molar-refractivity contribution in [1.29, 1.82) is 0 Å². The van der Waals surface area contributed by atoms with E-state index >= 15 is 0 Å². The molecule has 12 heavy (non-hydrogen) atoms. The van der Waals surface area contributed by atoms with E-state index in [1.807, 2.05) is 0 Å². The van der Waals surface area contributed by atoms with Crippen LogP contribution >= 0.6 is 0 Å². The highest BCUT2D eigenvalue weighted by molar-refractivity contribution is 5.83. The number of aliphatic carboxylic acids is 1. The molecule has 0 aromatic carbocycles. The van der Waals surface area contributed by atoms with Crippen molar-refractivity contribution in [2.45, 2.75) is 18.8 Å². The van der Waals surface area contributed by atoms with E-state index < -0.39 is 30.3 Å². The lowest BCUT2D eigenvalue weighted by Gasteiger charge is -2.16. The Balaban J connectivity index is 4.25. The summed E-state index contributed by atoms with van der Waals surface area (Å²) in [6, 6.07) is 0. The zero-order valence-corrected chi connectivity index (χ0v) is 5.82. The largest absolute Gasteiger partial charge is 0.545 e. The molecule has 6 heteroatoms. The van der Waals surface area contributed by atoms with Crippen LogP contribution in [0.4, 0.5) is 17.6 Å². The van der Waals surface area contributed by atoms with E-state index in [0.717, 1.165) is 0 Å². The first-order valence-electron chi connectivity index (χ1n) is 2.82. The van der Waals surface area contributed by atoms with E-state index in [0.29, 0.717) is 0 Å². The molecule has 0 aliphatic rings. The van der Waals surface area contributed by atoms with Gasteiger partial charge >= 0.3 is 12.3 Å². The molecule has 0 N–H and O–H groups in total. The van der Waals surface area contributed by atoms with Gasteiger partial charge < -0.3 is 9.90 Å². The smallest absolute Gasteiger partial charge is 0.311 e. The van der Waals surface area contributed by atoms with Gasteiger partial charge in [0.25, 0.3) is 0 Å². The quantitative estimate of drug-likeness (QED) is 0.474. The van der Waals surface area contributed by atoms with Crippen LogP contribution in [0.3, 0.4) is 0 Å². The Morgan fingerprint density at radius 3 is 2.17 bits per heavy atom. The third kappa shape index (κ3) is 2.89. The van der Waals surface area contributed by atoms with Gasteiger partial charge in [0.15, 0.2) is 0 Å². The van der Waals surface area contributed by atoms with Gasteiger partial charge in [0, 0.05) is 6.42 Å². The second kappa shape index (κ2) is 3.55. The molecule has 0 aromatic heterocycles. The highest BCUT2D eigenvalue weighted by atomic mass is 19.3. The van der Waals surface area contributed by atoms with Crippen molar-refractivity contribution in [2.24, 2.45) is 0 Å². The summed E-state index contributed by atoms with van der Waals surface area (Å²) in [5.74, 6) is -6.30. The molecule has 0 bridgehead atoms. The Kier molecular flexibility index (Phi) is 3.24.